The van der Waals surface area contributed by atoms with Crippen LogP contribution in [0.4, 0.5) is 19.0 Å². The summed E-state index contributed by atoms with van der Waals surface area (Å²) in [6.07, 6.45) is -2.25. The predicted octanol–water partition coefficient (Wildman–Crippen LogP) is 3.59. The average molecular weight is 560 g/mol. The molecule has 0 aliphatic carbocycles. The molecule has 1 atom stereocenters. The maximum Gasteiger partial charge on any atom is 0.417 e. The largest absolute Gasteiger partial charge is 0.417 e. The fraction of sp³-hybridized carbons (Fsp3) is 0.565. The van der Waals surface area contributed by atoms with Gasteiger partial charge in [-0.25, -0.2) is 18.4 Å². The lowest BCUT2D eigenvalue weighted by molar-refractivity contribution is -0.137. The van der Waals surface area contributed by atoms with E-state index >= 15 is 0 Å². The van der Waals surface area contributed by atoms with Crippen molar-refractivity contribution in [1.29, 1.82) is 0 Å². The second kappa shape index (κ2) is 9.53. The highest BCUT2D eigenvalue weighted by molar-refractivity contribution is 7.92. The molecule has 202 valence electrons. The smallest absolute Gasteiger partial charge is 0.365 e. The number of aromatic nitrogens is 2. The van der Waals surface area contributed by atoms with Crippen molar-refractivity contribution in [3.05, 3.63) is 28.5 Å². The molecule has 0 aromatic carbocycles. The van der Waals surface area contributed by atoms with Gasteiger partial charge in [-0.2, -0.15) is 13.2 Å². The van der Waals surface area contributed by atoms with Crippen LogP contribution in [0.1, 0.15) is 66.4 Å². The van der Waals surface area contributed by atoms with E-state index in [4.69, 9.17) is 0 Å². The van der Waals surface area contributed by atoms with Crippen LogP contribution in [0.3, 0.4) is 0 Å². The van der Waals surface area contributed by atoms with Crippen LogP contribution in [0.25, 0.3) is 10.4 Å². The Morgan fingerprint density at radius 2 is 1.86 bits per heavy atom. The Morgan fingerprint density at radius 3 is 2.41 bits per heavy atom. The Bertz CT molecular complexity index is 1320. The second-order valence-corrected chi connectivity index (χ2v) is 13.6. The lowest BCUT2D eigenvalue weighted by Crippen LogP contribution is -2.52. The maximum atomic E-state index is 14.2. The molecular weight excluding hydrogens is 531 g/mol. The van der Waals surface area contributed by atoms with Crippen LogP contribution in [-0.4, -0.2) is 70.8 Å². The van der Waals surface area contributed by atoms with E-state index in [0.29, 0.717) is 17.9 Å². The zero-order valence-corrected chi connectivity index (χ0v) is 22.4. The first-order chi connectivity index (χ1) is 17.0. The summed E-state index contributed by atoms with van der Waals surface area (Å²) in [5, 5.41) is 5.22. The molecule has 0 spiro atoms. The molecule has 2 fully saturated rings. The molecule has 2 aliphatic rings. The molecular formula is C23H28F3N5O4S2. The quantitative estimate of drug-likeness (QED) is 0.574. The summed E-state index contributed by atoms with van der Waals surface area (Å²) in [6, 6.07) is 0.141. The van der Waals surface area contributed by atoms with Crippen molar-refractivity contribution in [2.75, 3.05) is 23.4 Å². The number of sulfone groups is 1. The Balaban J connectivity index is 1.78. The number of pyridine rings is 1. The zero-order valence-electron chi connectivity index (χ0n) is 20.8. The Kier molecular flexibility index (Phi) is 7.03. The van der Waals surface area contributed by atoms with E-state index < -0.39 is 45.0 Å². The molecule has 4 rings (SSSR count). The number of alkyl halides is 3. The van der Waals surface area contributed by atoms with Crippen LogP contribution in [0, 0.1) is 0 Å². The molecule has 0 saturated carbocycles. The molecule has 2 aromatic rings. The minimum Gasteiger partial charge on any atom is -0.365 e. The number of thiazole rings is 1. The SMILES string of the molecule is C[C@H]1CCCN1C(=O)c1nc(C(=O)NC2CS(=O)(=O)C2)sc1-c1cnc(NC(C)(C)C)cc1C(F)(F)F. The van der Waals surface area contributed by atoms with Gasteiger partial charge in [0, 0.05) is 29.9 Å². The van der Waals surface area contributed by atoms with E-state index in [2.05, 4.69) is 20.6 Å². The van der Waals surface area contributed by atoms with E-state index in [-0.39, 0.29) is 44.5 Å². The number of carbonyl (C=O) groups is 2. The molecule has 0 radical (unpaired) electrons. The van der Waals surface area contributed by atoms with Crippen LogP contribution in [0.2, 0.25) is 0 Å². The average Bonchev–Trinajstić information content (AvgIpc) is 3.37. The van der Waals surface area contributed by atoms with Gasteiger partial charge in [0.25, 0.3) is 11.8 Å². The van der Waals surface area contributed by atoms with Crippen molar-refractivity contribution in [1.82, 2.24) is 20.2 Å². The first kappa shape index (κ1) is 27.3. The Labute approximate surface area is 216 Å². The van der Waals surface area contributed by atoms with Gasteiger partial charge >= 0.3 is 6.18 Å². The van der Waals surface area contributed by atoms with Crippen molar-refractivity contribution in [3.63, 3.8) is 0 Å². The van der Waals surface area contributed by atoms with Gasteiger partial charge < -0.3 is 15.5 Å². The summed E-state index contributed by atoms with van der Waals surface area (Å²) in [5.74, 6) is -1.74. The van der Waals surface area contributed by atoms with Crippen LogP contribution in [0.5, 0.6) is 0 Å². The fourth-order valence-electron chi connectivity index (χ4n) is 4.33. The molecule has 4 heterocycles. The summed E-state index contributed by atoms with van der Waals surface area (Å²) in [6.45, 7) is 7.62. The van der Waals surface area contributed by atoms with E-state index in [1.807, 2.05) is 6.92 Å². The van der Waals surface area contributed by atoms with Crippen molar-refractivity contribution >= 4 is 38.8 Å². The molecule has 0 bridgehead atoms. The third-order valence-corrected chi connectivity index (χ3v) is 8.95. The molecule has 2 aromatic heterocycles. The lowest BCUT2D eigenvalue weighted by Gasteiger charge is -2.25. The van der Waals surface area contributed by atoms with E-state index in [1.165, 1.54) is 4.90 Å². The molecule has 2 N–H and O–H groups in total. The van der Waals surface area contributed by atoms with Crippen LogP contribution in [0.15, 0.2) is 12.3 Å². The number of anilines is 1. The van der Waals surface area contributed by atoms with E-state index in [1.54, 1.807) is 20.8 Å². The minimum atomic E-state index is -4.78. The molecule has 0 unspecified atom stereocenters. The van der Waals surface area contributed by atoms with Crippen molar-refractivity contribution in [2.45, 2.75) is 64.3 Å². The lowest BCUT2D eigenvalue weighted by atomic mass is 10.1. The highest BCUT2D eigenvalue weighted by Gasteiger charge is 2.39. The topological polar surface area (TPSA) is 121 Å². The highest BCUT2D eigenvalue weighted by atomic mass is 32.2. The number of amides is 2. The number of halogens is 3. The monoisotopic (exact) mass is 559 g/mol. The van der Waals surface area contributed by atoms with Crippen molar-refractivity contribution < 1.29 is 31.2 Å². The summed E-state index contributed by atoms with van der Waals surface area (Å²) in [5.41, 5.74) is -2.17. The van der Waals surface area contributed by atoms with Gasteiger partial charge in [-0.1, -0.05) is 0 Å². The molecule has 2 amide bonds. The first-order valence-corrected chi connectivity index (χ1v) is 14.4. The maximum absolute atomic E-state index is 14.2. The number of likely N-dealkylation sites (tertiary alicyclic amines) is 1. The summed E-state index contributed by atoms with van der Waals surface area (Å²) >= 11 is 0.654. The number of rotatable bonds is 5. The number of carbonyl (C=O) groups excluding carboxylic acids is 2. The molecule has 14 heteroatoms. The predicted molar refractivity (Wildman–Crippen MR) is 133 cm³/mol. The van der Waals surface area contributed by atoms with Gasteiger partial charge in [-0.3, -0.25) is 9.59 Å². The van der Waals surface area contributed by atoms with Gasteiger partial charge in [0.1, 0.15) is 11.5 Å². The summed E-state index contributed by atoms with van der Waals surface area (Å²) < 4.78 is 65.5. The number of nitrogens with zero attached hydrogens (tertiary/aromatic N) is 3. The fourth-order valence-corrected chi connectivity index (χ4v) is 6.61. The van der Waals surface area contributed by atoms with E-state index in [9.17, 15) is 31.2 Å². The highest BCUT2D eigenvalue weighted by Crippen LogP contribution is 2.42. The van der Waals surface area contributed by atoms with Crippen LogP contribution < -0.4 is 10.6 Å². The normalized spacial score (nSPS) is 20.0. The van der Waals surface area contributed by atoms with Gasteiger partial charge in [0.2, 0.25) is 0 Å². The number of hydrogen-bond acceptors (Lipinski definition) is 8. The summed E-state index contributed by atoms with van der Waals surface area (Å²) in [4.78, 5) is 36.0. The molecule has 9 nitrogen and oxygen atoms in total. The van der Waals surface area contributed by atoms with Gasteiger partial charge in [-0.05, 0) is 46.6 Å². The Hall–Kier alpha value is -2.74. The molecule has 37 heavy (non-hydrogen) atoms. The minimum absolute atomic E-state index is 0.0123. The van der Waals surface area contributed by atoms with Gasteiger partial charge in [0.15, 0.2) is 14.8 Å². The van der Waals surface area contributed by atoms with Crippen LogP contribution in [-0.2, 0) is 16.0 Å². The van der Waals surface area contributed by atoms with Crippen molar-refractivity contribution in [2.24, 2.45) is 0 Å². The second-order valence-electron chi connectivity index (χ2n) is 10.4. The number of hydrogen-bond donors (Lipinski definition) is 2. The third kappa shape index (κ3) is 6.06. The summed E-state index contributed by atoms with van der Waals surface area (Å²) in [7, 11) is -3.21. The first-order valence-electron chi connectivity index (χ1n) is 11.7. The van der Waals surface area contributed by atoms with Crippen molar-refractivity contribution in [3.8, 4) is 10.4 Å². The zero-order chi connectivity index (χ0) is 27.3. The number of nitrogens with one attached hydrogen (secondary N) is 2. The molecule has 2 saturated heterocycles. The van der Waals surface area contributed by atoms with Crippen LogP contribution >= 0.6 is 11.3 Å². The van der Waals surface area contributed by atoms with Gasteiger partial charge in [-0.15, -0.1) is 11.3 Å². The van der Waals surface area contributed by atoms with Gasteiger partial charge in [0.05, 0.1) is 28.0 Å². The standard InChI is InChI=1S/C23H28F3N5O4S2/c1-12-6-5-7-31(12)21(33)17-18(36-20(29-17)19(32)28-13-10-37(34,35)11-13)14-9-27-16(30-22(2,3)4)8-15(14)23(24,25)26/h8-9,12-13H,5-7,10-11H2,1-4H3,(H,27,30)(H,28,32)/t12-/m0/s1. The molecule has 2 aliphatic heterocycles. The van der Waals surface area contributed by atoms with E-state index in [0.717, 1.165) is 25.1 Å². The Morgan fingerprint density at radius 1 is 1.19 bits per heavy atom. The third-order valence-electron chi connectivity index (χ3n) is 6.04.